The normalized spacial score (nSPS) is 68.3. The van der Waals surface area contributed by atoms with Crippen molar-refractivity contribution < 1.29 is 5.11 Å². The first-order chi connectivity index (χ1) is 4.38. The standard InChI is InChI=1S/C8H12O/c9-8-4-1-2-5-6(3-4)7(5)8/h4-9H,1-3H2/t4?,5?,6?,7?,8-/m0/s1. The lowest BCUT2D eigenvalue weighted by Gasteiger charge is -2.25. The summed E-state index contributed by atoms with van der Waals surface area (Å²) < 4.78 is 0. The maximum absolute atomic E-state index is 9.53. The van der Waals surface area contributed by atoms with Crippen LogP contribution in [0.15, 0.2) is 0 Å². The summed E-state index contributed by atoms with van der Waals surface area (Å²) in [6, 6.07) is 0. The minimum atomic E-state index is 0.119. The molecule has 4 saturated carbocycles. The Morgan fingerprint density at radius 3 is 2.33 bits per heavy atom. The Labute approximate surface area is 55.1 Å². The molecule has 9 heavy (non-hydrogen) atoms. The van der Waals surface area contributed by atoms with Gasteiger partial charge in [0, 0.05) is 0 Å². The van der Waals surface area contributed by atoms with Crippen LogP contribution in [0.25, 0.3) is 0 Å². The summed E-state index contributed by atoms with van der Waals surface area (Å²) in [6.07, 6.45) is 4.22. The molecule has 5 atom stereocenters. The van der Waals surface area contributed by atoms with Gasteiger partial charge in [0.15, 0.2) is 0 Å². The van der Waals surface area contributed by atoms with Crippen LogP contribution in [0.5, 0.6) is 0 Å². The molecule has 1 heteroatoms. The summed E-state index contributed by atoms with van der Waals surface area (Å²) >= 11 is 0. The van der Waals surface area contributed by atoms with E-state index in [9.17, 15) is 5.11 Å². The molecule has 4 aliphatic carbocycles. The Hall–Kier alpha value is -0.0400. The molecule has 0 aromatic heterocycles. The third-order valence-electron chi connectivity index (χ3n) is 3.72. The van der Waals surface area contributed by atoms with Crippen LogP contribution in [0.2, 0.25) is 0 Å². The van der Waals surface area contributed by atoms with Crippen molar-refractivity contribution >= 4 is 0 Å². The first-order valence-corrected chi connectivity index (χ1v) is 4.06. The molecule has 4 rings (SSSR count). The van der Waals surface area contributed by atoms with Gasteiger partial charge in [-0.05, 0) is 42.9 Å². The van der Waals surface area contributed by atoms with Gasteiger partial charge in [0.05, 0.1) is 6.10 Å². The molecule has 0 saturated heterocycles. The van der Waals surface area contributed by atoms with Crippen molar-refractivity contribution in [3.8, 4) is 0 Å². The molecule has 0 amide bonds. The maximum atomic E-state index is 9.53. The molecule has 0 heterocycles. The topological polar surface area (TPSA) is 20.2 Å². The highest BCUT2D eigenvalue weighted by molar-refractivity contribution is 5.12. The fourth-order valence-electron chi connectivity index (χ4n) is 3.22. The van der Waals surface area contributed by atoms with E-state index in [4.69, 9.17) is 0 Å². The Morgan fingerprint density at radius 1 is 1.11 bits per heavy atom. The minimum absolute atomic E-state index is 0.119. The highest BCUT2D eigenvalue weighted by Gasteiger charge is 2.63. The van der Waals surface area contributed by atoms with Gasteiger partial charge in [0.2, 0.25) is 0 Å². The van der Waals surface area contributed by atoms with E-state index < -0.39 is 0 Å². The van der Waals surface area contributed by atoms with Crippen LogP contribution in [0, 0.1) is 23.7 Å². The van der Waals surface area contributed by atoms with Gasteiger partial charge in [-0.25, -0.2) is 0 Å². The SMILES string of the molecule is O[C@H]1C2CCC3C(C2)C31. The van der Waals surface area contributed by atoms with Gasteiger partial charge in [0.1, 0.15) is 0 Å². The molecule has 0 aliphatic heterocycles. The van der Waals surface area contributed by atoms with Crippen molar-refractivity contribution in [3.05, 3.63) is 0 Å². The van der Waals surface area contributed by atoms with Crippen LogP contribution in [-0.4, -0.2) is 11.2 Å². The van der Waals surface area contributed by atoms with Gasteiger partial charge in [-0.15, -0.1) is 0 Å². The summed E-state index contributed by atoms with van der Waals surface area (Å²) in [5.74, 6) is 3.41. The summed E-state index contributed by atoms with van der Waals surface area (Å²) in [6.45, 7) is 0. The van der Waals surface area contributed by atoms with E-state index in [1.807, 2.05) is 0 Å². The number of rotatable bonds is 0. The van der Waals surface area contributed by atoms with Gasteiger partial charge in [-0.1, -0.05) is 0 Å². The van der Waals surface area contributed by atoms with Crippen molar-refractivity contribution in [2.45, 2.75) is 25.4 Å². The van der Waals surface area contributed by atoms with Crippen LogP contribution in [0.4, 0.5) is 0 Å². The smallest absolute Gasteiger partial charge is 0.0602 e. The Balaban J connectivity index is 1.98. The van der Waals surface area contributed by atoms with Gasteiger partial charge in [0.25, 0.3) is 0 Å². The first kappa shape index (κ1) is 4.73. The molecule has 0 radical (unpaired) electrons. The number of aliphatic hydroxyl groups excluding tert-OH is 1. The van der Waals surface area contributed by atoms with Crippen LogP contribution >= 0.6 is 0 Å². The van der Waals surface area contributed by atoms with E-state index in [1.165, 1.54) is 19.3 Å². The summed E-state index contributed by atoms with van der Waals surface area (Å²) in [5, 5.41) is 9.53. The van der Waals surface area contributed by atoms with E-state index in [-0.39, 0.29) is 6.10 Å². The van der Waals surface area contributed by atoms with Crippen LogP contribution in [0.3, 0.4) is 0 Å². The van der Waals surface area contributed by atoms with Crippen molar-refractivity contribution in [1.82, 2.24) is 0 Å². The second-order valence-corrected chi connectivity index (χ2v) is 3.97. The van der Waals surface area contributed by atoms with Gasteiger partial charge in [-0.2, -0.15) is 0 Å². The molecule has 4 bridgehead atoms. The Bertz CT molecular complexity index is 149. The predicted molar refractivity (Wildman–Crippen MR) is 33.8 cm³/mol. The second-order valence-electron chi connectivity index (χ2n) is 3.97. The average molecular weight is 124 g/mol. The molecular weight excluding hydrogens is 112 g/mol. The van der Waals surface area contributed by atoms with Gasteiger partial charge >= 0.3 is 0 Å². The third kappa shape index (κ3) is 0.389. The fourth-order valence-corrected chi connectivity index (χ4v) is 3.22. The lowest BCUT2D eigenvalue weighted by Crippen LogP contribution is -2.24. The van der Waals surface area contributed by atoms with E-state index in [0.29, 0.717) is 5.92 Å². The molecule has 0 aromatic carbocycles. The molecule has 0 spiro atoms. The van der Waals surface area contributed by atoms with Crippen LogP contribution in [-0.2, 0) is 0 Å². The second kappa shape index (κ2) is 1.20. The van der Waals surface area contributed by atoms with E-state index >= 15 is 0 Å². The zero-order valence-electron chi connectivity index (χ0n) is 5.46. The lowest BCUT2D eigenvalue weighted by molar-refractivity contribution is 0.0689. The molecule has 4 fully saturated rings. The van der Waals surface area contributed by atoms with Gasteiger partial charge < -0.3 is 5.11 Å². The molecule has 50 valence electrons. The van der Waals surface area contributed by atoms with Gasteiger partial charge in [-0.3, -0.25) is 0 Å². The van der Waals surface area contributed by atoms with Crippen LogP contribution in [0.1, 0.15) is 19.3 Å². The van der Waals surface area contributed by atoms with Crippen molar-refractivity contribution in [2.24, 2.45) is 23.7 Å². The van der Waals surface area contributed by atoms with Crippen molar-refractivity contribution in [3.63, 3.8) is 0 Å². The number of fused-ring (bicyclic) bond motifs is 1. The zero-order valence-corrected chi connectivity index (χ0v) is 5.46. The quantitative estimate of drug-likeness (QED) is 0.511. The molecular formula is C8H12O. The monoisotopic (exact) mass is 124 g/mol. The van der Waals surface area contributed by atoms with E-state index in [2.05, 4.69) is 0 Å². The van der Waals surface area contributed by atoms with Crippen LogP contribution < -0.4 is 0 Å². The summed E-state index contributed by atoms with van der Waals surface area (Å²) in [4.78, 5) is 0. The molecule has 1 N–H and O–H groups in total. The van der Waals surface area contributed by atoms with Crippen molar-refractivity contribution in [1.29, 1.82) is 0 Å². The Kier molecular flexibility index (Phi) is 0.628. The lowest BCUT2D eigenvalue weighted by atomic mass is 9.84. The average Bonchev–Trinajstić information content (AvgIpc) is 2.52. The largest absolute Gasteiger partial charge is 0.393 e. The highest BCUT2D eigenvalue weighted by atomic mass is 16.3. The minimum Gasteiger partial charge on any atom is -0.393 e. The molecule has 0 aromatic rings. The van der Waals surface area contributed by atoms with Crippen molar-refractivity contribution in [2.75, 3.05) is 0 Å². The number of hydrogen-bond acceptors (Lipinski definition) is 1. The summed E-state index contributed by atoms with van der Waals surface area (Å²) in [7, 11) is 0. The first-order valence-electron chi connectivity index (χ1n) is 4.06. The molecule has 1 nitrogen and oxygen atoms in total. The predicted octanol–water partition coefficient (Wildman–Crippen LogP) is 1.02. The number of hydrogen-bond donors (Lipinski definition) is 1. The molecule has 4 aliphatic rings. The van der Waals surface area contributed by atoms with E-state index in [1.54, 1.807) is 0 Å². The maximum Gasteiger partial charge on any atom is 0.0602 e. The Morgan fingerprint density at radius 2 is 2.00 bits per heavy atom. The molecule has 4 unspecified atom stereocenters. The third-order valence-corrected chi connectivity index (χ3v) is 3.72. The number of aliphatic hydroxyl groups is 1. The zero-order chi connectivity index (χ0) is 6.01. The van der Waals surface area contributed by atoms with E-state index in [0.717, 1.165) is 17.8 Å². The highest BCUT2D eigenvalue weighted by Crippen LogP contribution is 2.66. The fraction of sp³-hybridized carbons (Fsp3) is 1.00. The summed E-state index contributed by atoms with van der Waals surface area (Å²) in [5.41, 5.74) is 0.